The van der Waals surface area contributed by atoms with Crippen molar-refractivity contribution in [3.63, 3.8) is 0 Å². The quantitative estimate of drug-likeness (QED) is 0.705. The van der Waals surface area contributed by atoms with Gasteiger partial charge in [0, 0.05) is 13.6 Å². The maximum absolute atomic E-state index is 6.02. The van der Waals surface area contributed by atoms with Crippen LogP contribution < -0.4 is 11.1 Å². The van der Waals surface area contributed by atoms with Crippen molar-refractivity contribution in [3.8, 4) is 0 Å². The summed E-state index contributed by atoms with van der Waals surface area (Å²) >= 11 is 0. The van der Waals surface area contributed by atoms with E-state index in [1.165, 1.54) is 6.42 Å². The van der Waals surface area contributed by atoms with E-state index < -0.39 is 0 Å². The first-order valence-corrected chi connectivity index (χ1v) is 6.26. The van der Waals surface area contributed by atoms with Crippen LogP contribution in [0.4, 0.5) is 11.5 Å². The van der Waals surface area contributed by atoms with Gasteiger partial charge in [0.2, 0.25) is 0 Å². The molecule has 0 aromatic carbocycles. The minimum atomic E-state index is 0.794. The van der Waals surface area contributed by atoms with Gasteiger partial charge >= 0.3 is 0 Å². The Kier molecular flexibility index (Phi) is 5.28. The van der Waals surface area contributed by atoms with E-state index in [0.29, 0.717) is 0 Å². The molecule has 0 aliphatic rings. The Hall–Kier alpha value is -1.23. The summed E-state index contributed by atoms with van der Waals surface area (Å²) in [7, 11) is 6.12. The number of aryl methyl sites for hydroxylation is 2. The third-order valence-electron chi connectivity index (χ3n) is 2.82. The van der Waals surface area contributed by atoms with Crippen molar-refractivity contribution >= 4 is 11.5 Å². The molecule has 0 spiro atoms. The fourth-order valence-electron chi connectivity index (χ4n) is 1.83. The Balaban J connectivity index is 2.39. The Morgan fingerprint density at radius 1 is 1.35 bits per heavy atom. The average Bonchev–Trinajstić information content (AvgIpc) is 2.54. The number of hydrogen-bond acceptors (Lipinski definition) is 4. The molecule has 1 heterocycles. The standard InChI is InChI=1S/C12H25N5/c1-5-10-11(13)12(17(4)15-10)14-8-6-7-9-16(2)3/h14H,5-9,13H2,1-4H3. The molecule has 1 aromatic rings. The SMILES string of the molecule is CCc1nn(C)c(NCCCCN(C)C)c1N. The van der Waals surface area contributed by atoms with Crippen LogP contribution in [0.5, 0.6) is 0 Å². The molecule has 0 bridgehead atoms. The molecule has 0 amide bonds. The van der Waals surface area contributed by atoms with Gasteiger partial charge in [-0.05, 0) is 39.9 Å². The molecule has 0 aliphatic carbocycles. The number of aromatic nitrogens is 2. The van der Waals surface area contributed by atoms with Crippen molar-refractivity contribution in [2.75, 3.05) is 38.2 Å². The van der Waals surface area contributed by atoms with Gasteiger partial charge in [0.25, 0.3) is 0 Å². The number of rotatable bonds is 7. The highest BCUT2D eigenvalue weighted by molar-refractivity contribution is 5.64. The van der Waals surface area contributed by atoms with Crippen LogP contribution in [0.25, 0.3) is 0 Å². The molecule has 0 saturated carbocycles. The molecule has 0 fully saturated rings. The van der Waals surface area contributed by atoms with Crippen LogP contribution >= 0.6 is 0 Å². The molecular weight excluding hydrogens is 214 g/mol. The van der Waals surface area contributed by atoms with Gasteiger partial charge in [-0.3, -0.25) is 4.68 Å². The molecule has 0 radical (unpaired) electrons. The normalized spacial score (nSPS) is 11.1. The Morgan fingerprint density at radius 2 is 2.06 bits per heavy atom. The number of hydrogen-bond donors (Lipinski definition) is 2. The van der Waals surface area contributed by atoms with Gasteiger partial charge in [-0.1, -0.05) is 6.92 Å². The molecule has 98 valence electrons. The number of nitrogens with two attached hydrogens (primary N) is 1. The lowest BCUT2D eigenvalue weighted by molar-refractivity contribution is 0.396. The number of nitrogen functional groups attached to an aromatic ring is 1. The third-order valence-corrected chi connectivity index (χ3v) is 2.82. The van der Waals surface area contributed by atoms with Crippen molar-refractivity contribution in [1.29, 1.82) is 0 Å². The fourth-order valence-corrected chi connectivity index (χ4v) is 1.83. The molecule has 17 heavy (non-hydrogen) atoms. The second-order valence-corrected chi connectivity index (χ2v) is 4.62. The monoisotopic (exact) mass is 239 g/mol. The summed E-state index contributed by atoms with van der Waals surface area (Å²) in [5, 5.41) is 7.74. The number of unbranched alkanes of at least 4 members (excludes halogenated alkanes) is 1. The van der Waals surface area contributed by atoms with Crippen molar-refractivity contribution < 1.29 is 0 Å². The fraction of sp³-hybridized carbons (Fsp3) is 0.750. The molecule has 1 aromatic heterocycles. The maximum Gasteiger partial charge on any atom is 0.147 e. The summed E-state index contributed by atoms with van der Waals surface area (Å²) in [4.78, 5) is 2.20. The Labute approximate surface area is 104 Å². The topological polar surface area (TPSA) is 59.1 Å². The molecule has 3 N–H and O–H groups in total. The highest BCUT2D eigenvalue weighted by Gasteiger charge is 2.10. The van der Waals surface area contributed by atoms with Gasteiger partial charge < -0.3 is 16.0 Å². The summed E-state index contributed by atoms with van der Waals surface area (Å²) in [6.07, 6.45) is 3.21. The third kappa shape index (κ3) is 3.93. The van der Waals surface area contributed by atoms with E-state index in [1.807, 2.05) is 11.7 Å². The van der Waals surface area contributed by atoms with Crippen molar-refractivity contribution in [3.05, 3.63) is 5.69 Å². The van der Waals surface area contributed by atoms with Crippen LogP contribution in [0.15, 0.2) is 0 Å². The molecule has 0 saturated heterocycles. The summed E-state index contributed by atoms with van der Waals surface area (Å²) in [5.74, 6) is 0.951. The molecule has 1 rings (SSSR count). The highest BCUT2D eigenvalue weighted by Crippen LogP contribution is 2.21. The van der Waals surface area contributed by atoms with Crippen LogP contribution in [0, 0.1) is 0 Å². The molecule has 5 heteroatoms. The van der Waals surface area contributed by atoms with E-state index in [4.69, 9.17) is 5.73 Å². The first-order valence-electron chi connectivity index (χ1n) is 6.26. The molecule has 0 aliphatic heterocycles. The molecule has 0 unspecified atom stereocenters. The minimum absolute atomic E-state index is 0.794. The van der Waals surface area contributed by atoms with Crippen LogP contribution in [-0.2, 0) is 13.5 Å². The van der Waals surface area contributed by atoms with Gasteiger partial charge in [0.05, 0.1) is 11.4 Å². The lowest BCUT2D eigenvalue weighted by Gasteiger charge is -2.10. The summed E-state index contributed by atoms with van der Waals surface area (Å²) in [6.45, 7) is 4.14. The highest BCUT2D eigenvalue weighted by atomic mass is 15.3. The first-order chi connectivity index (χ1) is 8.06. The molecular formula is C12H25N5. The summed E-state index contributed by atoms with van der Waals surface area (Å²) in [5.41, 5.74) is 7.79. The van der Waals surface area contributed by atoms with Crippen molar-refractivity contribution in [2.24, 2.45) is 7.05 Å². The Bertz CT molecular complexity index is 343. The lowest BCUT2D eigenvalue weighted by Crippen LogP contribution is -2.15. The predicted octanol–water partition coefficient (Wildman–Crippen LogP) is 1.32. The molecule has 5 nitrogen and oxygen atoms in total. The molecule has 0 atom stereocenters. The van der Waals surface area contributed by atoms with Crippen molar-refractivity contribution in [1.82, 2.24) is 14.7 Å². The lowest BCUT2D eigenvalue weighted by atomic mass is 10.2. The van der Waals surface area contributed by atoms with Gasteiger partial charge in [-0.25, -0.2) is 0 Å². The smallest absolute Gasteiger partial charge is 0.147 e. The van der Waals surface area contributed by atoms with E-state index >= 15 is 0 Å². The van der Waals surface area contributed by atoms with Crippen LogP contribution in [0.2, 0.25) is 0 Å². The predicted molar refractivity (Wildman–Crippen MR) is 73.3 cm³/mol. The Morgan fingerprint density at radius 3 is 2.59 bits per heavy atom. The van der Waals surface area contributed by atoms with Gasteiger partial charge in [-0.2, -0.15) is 5.10 Å². The van der Waals surface area contributed by atoms with Gasteiger partial charge in [0.1, 0.15) is 5.82 Å². The summed E-state index contributed by atoms with van der Waals surface area (Å²) in [6, 6.07) is 0. The van der Waals surface area contributed by atoms with Crippen LogP contribution in [0.3, 0.4) is 0 Å². The van der Waals surface area contributed by atoms with E-state index in [2.05, 4.69) is 36.3 Å². The maximum atomic E-state index is 6.02. The van der Waals surface area contributed by atoms with E-state index in [-0.39, 0.29) is 0 Å². The largest absolute Gasteiger partial charge is 0.394 e. The van der Waals surface area contributed by atoms with Crippen LogP contribution in [-0.4, -0.2) is 41.9 Å². The number of nitrogens with one attached hydrogen (secondary N) is 1. The van der Waals surface area contributed by atoms with Crippen molar-refractivity contribution in [2.45, 2.75) is 26.2 Å². The zero-order chi connectivity index (χ0) is 12.8. The van der Waals surface area contributed by atoms with Gasteiger partial charge in [-0.15, -0.1) is 0 Å². The zero-order valence-corrected chi connectivity index (χ0v) is 11.5. The second kappa shape index (κ2) is 6.49. The first kappa shape index (κ1) is 13.8. The van der Waals surface area contributed by atoms with Crippen LogP contribution in [0.1, 0.15) is 25.5 Å². The van der Waals surface area contributed by atoms with E-state index in [1.54, 1.807) is 0 Å². The van der Waals surface area contributed by atoms with E-state index in [9.17, 15) is 0 Å². The number of anilines is 2. The summed E-state index contributed by atoms with van der Waals surface area (Å²) < 4.78 is 1.83. The van der Waals surface area contributed by atoms with Gasteiger partial charge in [0.15, 0.2) is 0 Å². The number of nitrogens with zero attached hydrogens (tertiary/aromatic N) is 3. The van der Waals surface area contributed by atoms with E-state index in [0.717, 1.165) is 43.1 Å². The second-order valence-electron chi connectivity index (χ2n) is 4.62. The minimum Gasteiger partial charge on any atom is -0.394 e. The average molecular weight is 239 g/mol. The zero-order valence-electron chi connectivity index (χ0n) is 11.5.